The van der Waals surface area contributed by atoms with Gasteiger partial charge in [0.2, 0.25) is 5.91 Å². The van der Waals surface area contributed by atoms with Gasteiger partial charge in [-0.3, -0.25) is 14.5 Å². The van der Waals surface area contributed by atoms with Crippen LogP contribution in [-0.4, -0.2) is 71.9 Å². The molecule has 0 bridgehead atoms. The molecule has 10 heteroatoms. The number of hydrogen-bond donors (Lipinski definition) is 1. The molecule has 2 aliphatic rings. The zero-order valence-electron chi connectivity index (χ0n) is 20.3. The zero-order chi connectivity index (χ0) is 25.9. The highest BCUT2D eigenvalue weighted by Gasteiger charge is 2.48. The van der Waals surface area contributed by atoms with Gasteiger partial charge in [-0.15, -0.1) is 11.3 Å². The predicted molar refractivity (Wildman–Crippen MR) is 138 cm³/mol. The first-order valence-electron chi connectivity index (χ1n) is 12.0. The van der Waals surface area contributed by atoms with Gasteiger partial charge in [-0.1, -0.05) is 30.3 Å². The molecule has 37 heavy (non-hydrogen) atoms. The normalized spacial score (nSPS) is 20.1. The van der Waals surface area contributed by atoms with Crippen LogP contribution in [0.5, 0.6) is 0 Å². The van der Waals surface area contributed by atoms with Crippen molar-refractivity contribution in [3.8, 4) is 0 Å². The highest BCUT2D eigenvalue weighted by molar-refractivity contribution is 7.12. The number of amides is 3. The molecule has 0 aliphatic carbocycles. The number of piperazine rings is 1. The highest BCUT2D eigenvalue weighted by atomic mass is 32.1. The Hall–Kier alpha value is -3.76. The van der Waals surface area contributed by atoms with Crippen molar-refractivity contribution in [3.63, 3.8) is 0 Å². The molecule has 0 spiro atoms. The molecule has 0 unspecified atom stereocenters. The standard InChI is InChI=1S/C27H27FN4O4S/c1-30-11-13-31(14-12-30)26(34)23-24(36-27(35)32(23)17-18-4-2-5-20(28)16-18)19-7-9-21(10-8-19)29-25(33)22-6-3-15-37-22/h2-10,15-16,23-24H,11-14,17H2,1H3,(H,29,33)/t23-,24+/m0/s1. The van der Waals surface area contributed by atoms with Gasteiger partial charge in [0.15, 0.2) is 12.1 Å². The smallest absolute Gasteiger partial charge is 0.411 e. The lowest BCUT2D eigenvalue weighted by Gasteiger charge is -2.36. The first-order valence-corrected chi connectivity index (χ1v) is 12.9. The van der Waals surface area contributed by atoms with Gasteiger partial charge >= 0.3 is 6.09 Å². The predicted octanol–water partition coefficient (Wildman–Crippen LogP) is 3.98. The fraction of sp³-hybridized carbons (Fsp3) is 0.296. The third-order valence-electron chi connectivity index (χ3n) is 6.64. The molecule has 2 atom stereocenters. The second kappa shape index (κ2) is 10.7. The number of thiophene rings is 1. The van der Waals surface area contributed by atoms with Crippen molar-refractivity contribution in [1.82, 2.24) is 14.7 Å². The molecule has 1 N–H and O–H groups in total. The summed E-state index contributed by atoms with van der Waals surface area (Å²) in [5.74, 6) is -0.821. The monoisotopic (exact) mass is 522 g/mol. The van der Waals surface area contributed by atoms with Gasteiger partial charge in [0.25, 0.3) is 5.91 Å². The summed E-state index contributed by atoms with van der Waals surface area (Å²) in [4.78, 5) is 45.0. The van der Waals surface area contributed by atoms with Crippen LogP contribution < -0.4 is 5.32 Å². The second-order valence-corrected chi connectivity index (χ2v) is 10.1. The zero-order valence-corrected chi connectivity index (χ0v) is 21.1. The molecular weight excluding hydrogens is 495 g/mol. The lowest BCUT2D eigenvalue weighted by Crippen LogP contribution is -2.54. The van der Waals surface area contributed by atoms with Gasteiger partial charge in [0.1, 0.15) is 5.82 Å². The largest absolute Gasteiger partial charge is 0.438 e. The van der Waals surface area contributed by atoms with Crippen LogP contribution in [0.25, 0.3) is 0 Å². The topological polar surface area (TPSA) is 82.2 Å². The molecule has 1 aromatic heterocycles. The van der Waals surface area contributed by atoms with E-state index in [0.29, 0.717) is 34.8 Å². The number of cyclic esters (lactones) is 1. The van der Waals surface area contributed by atoms with Crippen molar-refractivity contribution in [2.45, 2.75) is 18.7 Å². The van der Waals surface area contributed by atoms with Crippen molar-refractivity contribution in [2.24, 2.45) is 0 Å². The summed E-state index contributed by atoms with van der Waals surface area (Å²) >= 11 is 1.35. The molecule has 3 aromatic rings. The van der Waals surface area contributed by atoms with Crippen molar-refractivity contribution >= 4 is 34.9 Å². The maximum atomic E-state index is 13.8. The van der Waals surface area contributed by atoms with E-state index in [-0.39, 0.29) is 18.4 Å². The van der Waals surface area contributed by atoms with E-state index in [2.05, 4.69) is 10.2 Å². The van der Waals surface area contributed by atoms with Gasteiger partial charge in [-0.25, -0.2) is 9.18 Å². The van der Waals surface area contributed by atoms with Crippen LogP contribution in [0.2, 0.25) is 0 Å². The van der Waals surface area contributed by atoms with Crippen molar-refractivity contribution in [1.29, 1.82) is 0 Å². The molecule has 2 fully saturated rings. The molecule has 2 saturated heterocycles. The Labute approximate surface area is 218 Å². The lowest BCUT2D eigenvalue weighted by molar-refractivity contribution is -0.138. The van der Waals surface area contributed by atoms with E-state index in [9.17, 15) is 18.8 Å². The number of halogens is 1. The summed E-state index contributed by atoms with van der Waals surface area (Å²) < 4.78 is 19.6. The maximum absolute atomic E-state index is 13.8. The Balaban J connectivity index is 1.39. The number of benzene rings is 2. The van der Waals surface area contributed by atoms with E-state index in [1.54, 1.807) is 47.4 Å². The molecule has 3 amide bonds. The number of anilines is 1. The fourth-order valence-corrected chi connectivity index (χ4v) is 5.22. The average Bonchev–Trinajstić information content (AvgIpc) is 3.54. The number of carbonyl (C=O) groups excluding carboxylic acids is 3. The van der Waals surface area contributed by atoms with E-state index >= 15 is 0 Å². The van der Waals surface area contributed by atoms with Crippen LogP contribution in [0.3, 0.4) is 0 Å². The minimum Gasteiger partial charge on any atom is -0.438 e. The third-order valence-corrected chi connectivity index (χ3v) is 7.51. The van der Waals surface area contributed by atoms with Crippen LogP contribution in [0.4, 0.5) is 14.9 Å². The van der Waals surface area contributed by atoms with E-state index < -0.39 is 24.1 Å². The maximum Gasteiger partial charge on any atom is 0.411 e. The van der Waals surface area contributed by atoms with E-state index in [1.165, 1.54) is 28.4 Å². The molecule has 2 aromatic carbocycles. The Kier molecular flexibility index (Phi) is 7.20. The molecule has 0 saturated carbocycles. The number of nitrogens with zero attached hydrogens (tertiary/aromatic N) is 3. The Bertz CT molecular complexity index is 1280. The summed E-state index contributed by atoms with van der Waals surface area (Å²) in [6, 6.07) is 15.6. The minimum absolute atomic E-state index is 0.0478. The van der Waals surface area contributed by atoms with Crippen LogP contribution in [0.1, 0.15) is 26.9 Å². The molecule has 2 aliphatic heterocycles. The SMILES string of the molecule is CN1CCN(C(=O)[C@@H]2[C@@H](c3ccc(NC(=O)c4cccs4)cc3)OC(=O)N2Cc2cccc(F)c2)CC1. The molecule has 8 nitrogen and oxygen atoms in total. The number of nitrogens with one attached hydrogen (secondary N) is 1. The first kappa shape index (κ1) is 24.9. The number of ether oxygens (including phenoxy) is 1. The van der Waals surface area contributed by atoms with E-state index in [4.69, 9.17) is 4.74 Å². The quantitative estimate of drug-likeness (QED) is 0.530. The molecule has 0 radical (unpaired) electrons. The summed E-state index contributed by atoms with van der Waals surface area (Å²) in [5.41, 5.74) is 1.79. The fourth-order valence-electron chi connectivity index (χ4n) is 4.60. The Morgan fingerprint density at radius 2 is 1.81 bits per heavy atom. The summed E-state index contributed by atoms with van der Waals surface area (Å²) in [6.07, 6.45) is -1.47. The van der Waals surface area contributed by atoms with Crippen LogP contribution >= 0.6 is 11.3 Å². The van der Waals surface area contributed by atoms with Gasteiger partial charge in [0.05, 0.1) is 11.4 Å². The molecule has 192 valence electrons. The summed E-state index contributed by atoms with van der Waals surface area (Å²) in [7, 11) is 2.00. The van der Waals surface area contributed by atoms with E-state index in [0.717, 1.165) is 13.1 Å². The number of likely N-dealkylation sites (N-methyl/N-ethyl adjacent to an activating group) is 1. The lowest BCUT2D eigenvalue weighted by atomic mass is 9.99. The molecule has 5 rings (SSSR count). The molecular formula is C27H27FN4O4S. The van der Waals surface area contributed by atoms with Gasteiger partial charge in [0, 0.05) is 31.9 Å². The number of rotatable bonds is 6. The van der Waals surface area contributed by atoms with Gasteiger partial charge in [-0.2, -0.15) is 0 Å². The Morgan fingerprint density at radius 1 is 1.05 bits per heavy atom. The van der Waals surface area contributed by atoms with E-state index in [1.807, 2.05) is 18.5 Å². The second-order valence-electron chi connectivity index (χ2n) is 9.19. The van der Waals surface area contributed by atoms with Crippen molar-refractivity contribution < 1.29 is 23.5 Å². The van der Waals surface area contributed by atoms with Gasteiger partial charge < -0.3 is 19.9 Å². The minimum atomic E-state index is -0.897. The van der Waals surface area contributed by atoms with Crippen LogP contribution in [0, 0.1) is 5.82 Å². The third kappa shape index (κ3) is 5.50. The summed E-state index contributed by atoms with van der Waals surface area (Å²) in [6.45, 7) is 2.62. The van der Waals surface area contributed by atoms with Crippen molar-refractivity contribution in [2.75, 3.05) is 38.5 Å². The number of carbonyl (C=O) groups is 3. The summed E-state index contributed by atoms with van der Waals surface area (Å²) in [5, 5.41) is 4.68. The number of hydrogen-bond acceptors (Lipinski definition) is 6. The Morgan fingerprint density at radius 3 is 2.49 bits per heavy atom. The molecule has 3 heterocycles. The van der Waals surface area contributed by atoms with Crippen LogP contribution in [-0.2, 0) is 16.1 Å². The highest BCUT2D eigenvalue weighted by Crippen LogP contribution is 2.35. The van der Waals surface area contributed by atoms with Crippen molar-refractivity contribution in [3.05, 3.63) is 87.9 Å². The first-order chi connectivity index (χ1) is 17.9. The van der Waals surface area contributed by atoms with Crippen LogP contribution in [0.15, 0.2) is 66.0 Å². The van der Waals surface area contributed by atoms with Gasteiger partial charge in [-0.05, 0) is 53.9 Å². The average molecular weight is 523 g/mol.